The van der Waals surface area contributed by atoms with Gasteiger partial charge in [-0.15, -0.1) is 0 Å². The summed E-state index contributed by atoms with van der Waals surface area (Å²) in [5.74, 6) is 0.698. The highest BCUT2D eigenvalue weighted by atomic mass is 14.9. The lowest BCUT2D eigenvalue weighted by Gasteiger charge is -2.21. The molecule has 1 heterocycles. The van der Waals surface area contributed by atoms with Crippen LogP contribution in [0.5, 0.6) is 0 Å². The number of aromatic nitrogens is 2. The number of rotatable bonds is 7. The molecular weight excluding hydrogens is 785 g/mol. The van der Waals surface area contributed by atoms with Crippen molar-refractivity contribution in [2.45, 2.75) is 19.3 Å². The summed E-state index contributed by atoms with van der Waals surface area (Å²) in [6.07, 6.45) is 0. The second kappa shape index (κ2) is 15.6. The van der Waals surface area contributed by atoms with E-state index in [1.54, 1.807) is 0 Å². The van der Waals surface area contributed by atoms with Crippen molar-refractivity contribution in [1.29, 1.82) is 0 Å². The number of nitrogens with zero attached hydrogens (tertiary/aromatic N) is 2. The first-order chi connectivity index (χ1) is 32.0. The summed E-state index contributed by atoms with van der Waals surface area (Å²) < 4.78 is 0. The molecule has 0 spiro atoms. The number of benzene rings is 10. The third kappa shape index (κ3) is 6.74. The van der Waals surface area contributed by atoms with E-state index in [1.807, 2.05) is 18.2 Å². The maximum atomic E-state index is 5.31. The molecule has 1 aliphatic carbocycles. The lowest BCUT2D eigenvalue weighted by Crippen LogP contribution is -2.14. The first-order valence-electron chi connectivity index (χ1n) is 22.5. The Kier molecular flexibility index (Phi) is 9.21. The van der Waals surface area contributed by atoms with Gasteiger partial charge in [-0.1, -0.05) is 208 Å². The zero-order valence-corrected chi connectivity index (χ0v) is 36.3. The lowest BCUT2D eigenvalue weighted by atomic mass is 9.82. The average molecular weight is 829 g/mol. The highest BCUT2D eigenvalue weighted by Gasteiger charge is 2.35. The van der Waals surface area contributed by atoms with E-state index in [2.05, 4.69) is 226 Å². The molecule has 306 valence electrons. The Balaban J connectivity index is 1.04. The van der Waals surface area contributed by atoms with Crippen molar-refractivity contribution < 1.29 is 0 Å². The standard InChI is InChI=1S/C63H44N2/c1-63(2)58-30-14-13-28-55(58)57-39-45(31-34-59(57)63)47-36-48(51-29-16-22-42-19-9-10-25-50(42)51)38-49(37-47)52-32-33-56(54-27-12-11-26-53(52)54)61-40-60(64-62(65-61)43-20-7-4-8-21-43)46-24-15-23-44(35-46)41-17-5-3-6-18-41/h3-40H,1-2H3. The van der Waals surface area contributed by atoms with Crippen molar-refractivity contribution in [3.63, 3.8) is 0 Å². The lowest BCUT2D eigenvalue weighted by molar-refractivity contribution is 0.660. The molecule has 0 saturated carbocycles. The van der Waals surface area contributed by atoms with E-state index >= 15 is 0 Å². The van der Waals surface area contributed by atoms with Crippen LogP contribution in [0.25, 0.3) is 111 Å². The summed E-state index contributed by atoms with van der Waals surface area (Å²) in [4.78, 5) is 10.5. The van der Waals surface area contributed by atoms with Crippen LogP contribution in [0.3, 0.4) is 0 Å². The van der Waals surface area contributed by atoms with Crippen LogP contribution < -0.4 is 0 Å². The summed E-state index contributed by atoms with van der Waals surface area (Å²) in [5, 5.41) is 4.78. The highest BCUT2D eigenvalue weighted by Crippen LogP contribution is 2.50. The van der Waals surface area contributed by atoms with Crippen LogP contribution in [-0.2, 0) is 5.41 Å². The largest absolute Gasteiger partial charge is 0.228 e. The van der Waals surface area contributed by atoms with E-state index in [4.69, 9.17) is 9.97 Å². The van der Waals surface area contributed by atoms with Crippen LogP contribution >= 0.6 is 0 Å². The Bertz CT molecular complexity index is 3620. The second-order valence-corrected chi connectivity index (χ2v) is 17.7. The number of hydrogen-bond acceptors (Lipinski definition) is 2. The fraction of sp³-hybridized carbons (Fsp3) is 0.0476. The maximum Gasteiger partial charge on any atom is 0.160 e. The van der Waals surface area contributed by atoms with Gasteiger partial charge in [-0.2, -0.15) is 0 Å². The van der Waals surface area contributed by atoms with Gasteiger partial charge in [0.05, 0.1) is 11.4 Å². The minimum Gasteiger partial charge on any atom is -0.228 e. The SMILES string of the molecule is CC1(C)c2ccccc2-c2cc(-c3cc(-c4cccc5ccccc45)cc(-c4ccc(-c5cc(-c6cccc(-c7ccccc7)c6)nc(-c6ccccc6)n5)c5ccccc45)c3)ccc21. The summed E-state index contributed by atoms with van der Waals surface area (Å²) in [7, 11) is 0. The number of fused-ring (bicyclic) bond motifs is 5. The van der Waals surface area contributed by atoms with Crippen LogP contribution in [0.15, 0.2) is 231 Å². The van der Waals surface area contributed by atoms with Gasteiger partial charge in [0, 0.05) is 22.1 Å². The van der Waals surface area contributed by atoms with E-state index < -0.39 is 0 Å². The predicted molar refractivity (Wildman–Crippen MR) is 273 cm³/mol. The van der Waals surface area contributed by atoms with Gasteiger partial charge < -0.3 is 0 Å². The minimum atomic E-state index is -0.0560. The van der Waals surface area contributed by atoms with Crippen molar-refractivity contribution >= 4 is 21.5 Å². The fourth-order valence-electron chi connectivity index (χ4n) is 10.2. The highest BCUT2D eigenvalue weighted by molar-refractivity contribution is 6.06. The van der Waals surface area contributed by atoms with E-state index in [0.717, 1.165) is 39.0 Å². The summed E-state index contributed by atoms with van der Waals surface area (Å²) >= 11 is 0. The Morgan fingerprint density at radius 2 is 0.785 bits per heavy atom. The van der Waals surface area contributed by atoms with Crippen LogP contribution in [0, 0.1) is 0 Å². The molecule has 2 nitrogen and oxygen atoms in total. The topological polar surface area (TPSA) is 25.8 Å². The molecule has 0 saturated heterocycles. The van der Waals surface area contributed by atoms with Crippen molar-refractivity contribution in [3.8, 4) is 89.5 Å². The number of hydrogen-bond donors (Lipinski definition) is 0. The zero-order valence-electron chi connectivity index (χ0n) is 36.3. The molecule has 10 aromatic carbocycles. The average Bonchev–Trinajstić information content (AvgIpc) is 3.61. The van der Waals surface area contributed by atoms with Crippen molar-refractivity contribution in [2.24, 2.45) is 0 Å². The molecule has 2 heteroatoms. The van der Waals surface area contributed by atoms with Crippen LogP contribution in [-0.4, -0.2) is 9.97 Å². The van der Waals surface area contributed by atoms with E-state index in [-0.39, 0.29) is 5.41 Å². The molecule has 0 fully saturated rings. The molecule has 0 unspecified atom stereocenters. The Labute approximate surface area is 380 Å². The van der Waals surface area contributed by atoms with Gasteiger partial charge in [0.1, 0.15) is 0 Å². The third-order valence-corrected chi connectivity index (χ3v) is 13.5. The zero-order chi connectivity index (χ0) is 43.5. The monoisotopic (exact) mass is 828 g/mol. The van der Waals surface area contributed by atoms with Crippen LogP contribution in [0.2, 0.25) is 0 Å². The molecule has 11 aromatic rings. The normalized spacial score (nSPS) is 12.6. The van der Waals surface area contributed by atoms with Crippen molar-refractivity contribution in [1.82, 2.24) is 9.97 Å². The van der Waals surface area contributed by atoms with Gasteiger partial charge in [0.2, 0.25) is 0 Å². The van der Waals surface area contributed by atoms with E-state index in [0.29, 0.717) is 5.82 Å². The van der Waals surface area contributed by atoms with E-state index in [1.165, 1.54) is 77.4 Å². The van der Waals surface area contributed by atoms with Gasteiger partial charge in [-0.05, 0) is 125 Å². The first kappa shape index (κ1) is 38.5. The second-order valence-electron chi connectivity index (χ2n) is 17.7. The Hall–Kier alpha value is -8.20. The fourth-order valence-corrected chi connectivity index (χ4v) is 10.2. The van der Waals surface area contributed by atoms with Gasteiger partial charge in [0.25, 0.3) is 0 Å². The van der Waals surface area contributed by atoms with Crippen LogP contribution in [0.1, 0.15) is 25.0 Å². The maximum absolute atomic E-state index is 5.31. The molecule has 0 atom stereocenters. The molecular formula is C63H44N2. The first-order valence-corrected chi connectivity index (χ1v) is 22.5. The Morgan fingerprint density at radius 3 is 1.58 bits per heavy atom. The molecule has 1 aliphatic rings. The van der Waals surface area contributed by atoms with E-state index in [9.17, 15) is 0 Å². The molecule has 12 rings (SSSR count). The van der Waals surface area contributed by atoms with Gasteiger partial charge in [-0.25, -0.2) is 9.97 Å². The summed E-state index contributed by atoms with van der Waals surface area (Å²) in [6.45, 7) is 4.69. The molecule has 0 bridgehead atoms. The molecule has 0 radical (unpaired) electrons. The van der Waals surface area contributed by atoms with Crippen molar-refractivity contribution in [2.75, 3.05) is 0 Å². The van der Waals surface area contributed by atoms with Gasteiger partial charge in [-0.3, -0.25) is 0 Å². The quantitative estimate of drug-likeness (QED) is 0.160. The molecule has 0 aliphatic heterocycles. The smallest absolute Gasteiger partial charge is 0.160 e. The summed E-state index contributed by atoms with van der Waals surface area (Å²) in [6, 6.07) is 83.5. The minimum absolute atomic E-state index is 0.0560. The van der Waals surface area contributed by atoms with Gasteiger partial charge in [0.15, 0.2) is 5.82 Å². The molecule has 1 aromatic heterocycles. The van der Waals surface area contributed by atoms with Gasteiger partial charge >= 0.3 is 0 Å². The molecule has 0 N–H and O–H groups in total. The molecule has 0 amide bonds. The molecule has 65 heavy (non-hydrogen) atoms. The van der Waals surface area contributed by atoms with Crippen LogP contribution in [0.4, 0.5) is 0 Å². The third-order valence-electron chi connectivity index (χ3n) is 13.5. The Morgan fingerprint density at radius 1 is 0.277 bits per heavy atom. The summed E-state index contributed by atoms with van der Waals surface area (Å²) in [5.41, 5.74) is 19.7. The predicted octanol–water partition coefficient (Wildman–Crippen LogP) is 16.8. The van der Waals surface area contributed by atoms with Crippen molar-refractivity contribution in [3.05, 3.63) is 242 Å².